The Balaban J connectivity index is 1.82. The number of nitrogens with one attached hydrogen (secondary N) is 1. The van der Waals surface area contributed by atoms with E-state index in [1.807, 2.05) is 31.2 Å². The van der Waals surface area contributed by atoms with Gasteiger partial charge in [0.05, 0.1) is 19.3 Å². The van der Waals surface area contributed by atoms with Gasteiger partial charge in [-0.15, -0.1) is 0 Å². The topological polar surface area (TPSA) is 86.5 Å². The summed E-state index contributed by atoms with van der Waals surface area (Å²) in [6.45, 7) is 4.57. The molecule has 28 heavy (non-hydrogen) atoms. The van der Waals surface area contributed by atoms with Gasteiger partial charge in [0.2, 0.25) is 5.82 Å². The summed E-state index contributed by atoms with van der Waals surface area (Å²) in [5, 5.41) is 10.6. The van der Waals surface area contributed by atoms with E-state index < -0.39 is 0 Å². The van der Waals surface area contributed by atoms with Crippen LogP contribution in [-0.4, -0.2) is 29.9 Å². The molecule has 0 radical (unpaired) electrons. The number of para-hydroxylation sites is 1. The summed E-state index contributed by atoms with van der Waals surface area (Å²) in [5.41, 5.74) is 2.58. The van der Waals surface area contributed by atoms with Crippen molar-refractivity contribution in [2.45, 2.75) is 26.7 Å². The Morgan fingerprint density at radius 2 is 1.96 bits per heavy atom. The van der Waals surface area contributed by atoms with Crippen LogP contribution in [0.15, 0.2) is 47.1 Å². The van der Waals surface area contributed by atoms with E-state index in [9.17, 15) is 4.79 Å². The number of carbonyl (C=O) groups excluding carboxylic acids is 1. The van der Waals surface area contributed by atoms with Crippen LogP contribution >= 0.6 is 0 Å². The molecule has 0 fully saturated rings. The lowest BCUT2D eigenvalue weighted by Crippen LogP contribution is -2.14. The molecule has 0 aliphatic carbocycles. The maximum absolute atomic E-state index is 12.8. The van der Waals surface area contributed by atoms with Crippen LogP contribution in [0.2, 0.25) is 0 Å². The first-order valence-corrected chi connectivity index (χ1v) is 9.14. The Kier molecular flexibility index (Phi) is 6.26. The number of benzene rings is 2. The number of rotatable bonds is 8. The number of aromatic nitrogens is 2. The highest BCUT2D eigenvalue weighted by Gasteiger charge is 2.19. The van der Waals surface area contributed by atoms with Gasteiger partial charge < -0.3 is 14.8 Å². The van der Waals surface area contributed by atoms with Crippen molar-refractivity contribution in [3.05, 3.63) is 53.6 Å². The van der Waals surface area contributed by atoms with E-state index in [1.54, 1.807) is 25.3 Å². The van der Waals surface area contributed by atoms with Gasteiger partial charge in [-0.05, 0) is 59.6 Å². The molecule has 0 saturated heterocycles. The van der Waals surface area contributed by atoms with Gasteiger partial charge in [-0.2, -0.15) is 0 Å². The molecular weight excluding hydrogens is 358 g/mol. The fourth-order valence-corrected chi connectivity index (χ4v) is 2.77. The van der Waals surface area contributed by atoms with Crippen molar-refractivity contribution in [1.82, 2.24) is 10.3 Å². The quantitative estimate of drug-likeness (QED) is 0.579. The summed E-state index contributed by atoms with van der Waals surface area (Å²) >= 11 is 0. The molecule has 0 unspecified atom stereocenters. The van der Waals surface area contributed by atoms with E-state index in [-0.39, 0.29) is 11.7 Å². The molecule has 1 amide bonds. The fourth-order valence-electron chi connectivity index (χ4n) is 2.77. The van der Waals surface area contributed by atoms with Crippen LogP contribution in [-0.2, 0) is 0 Å². The second-order valence-corrected chi connectivity index (χ2v) is 6.30. The second kappa shape index (κ2) is 9.03. The second-order valence-electron chi connectivity index (χ2n) is 6.30. The zero-order chi connectivity index (χ0) is 19.9. The molecule has 0 saturated carbocycles. The Bertz CT molecular complexity index is 952. The molecule has 1 heterocycles. The van der Waals surface area contributed by atoms with E-state index >= 15 is 0 Å². The largest absolute Gasteiger partial charge is 0.496 e. The highest BCUT2D eigenvalue weighted by Crippen LogP contribution is 2.29. The maximum Gasteiger partial charge on any atom is 0.260 e. The number of amides is 1. The lowest BCUT2D eigenvalue weighted by molar-refractivity contribution is 0.102. The molecule has 0 atom stereocenters. The van der Waals surface area contributed by atoms with Crippen molar-refractivity contribution in [1.29, 1.82) is 0 Å². The molecule has 1 aromatic heterocycles. The van der Waals surface area contributed by atoms with E-state index in [0.717, 1.165) is 29.7 Å². The summed E-state index contributed by atoms with van der Waals surface area (Å²) in [6, 6.07) is 12.7. The number of ether oxygens (including phenoxy) is 2. The number of carbonyl (C=O) groups is 1. The summed E-state index contributed by atoms with van der Waals surface area (Å²) in [7, 11) is 1.62. The van der Waals surface area contributed by atoms with Gasteiger partial charge in [-0.1, -0.05) is 25.5 Å². The van der Waals surface area contributed by atoms with Crippen LogP contribution in [0.4, 0.5) is 5.82 Å². The standard InChI is InChI=1S/C21H23N3O4/c1-4-5-12-27-18-9-7-6-8-16(18)21(25)22-20-19(23-28-24-20)15-10-11-17(26-3)14(2)13-15/h6-11,13H,4-5,12H2,1-3H3,(H,22,24,25). The van der Waals surface area contributed by atoms with Gasteiger partial charge in [-0.3, -0.25) is 4.79 Å². The van der Waals surface area contributed by atoms with Crippen LogP contribution in [0, 0.1) is 6.92 Å². The van der Waals surface area contributed by atoms with E-state index in [2.05, 4.69) is 22.6 Å². The third-order valence-electron chi connectivity index (χ3n) is 4.28. The van der Waals surface area contributed by atoms with Gasteiger partial charge >= 0.3 is 0 Å². The lowest BCUT2D eigenvalue weighted by atomic mass is 10.1. The number of unbranched alkanes of at least 4 members (excludes halogenated alkanes) is 1. The third-order valence-corrected chi connectivity index (χ3v) is 4.28. The predicted octanol–water partition coefficient (Wildman–Crippen LogP) is 4.48. The van der Waals surface area contributed by atoms with Crippen molar-refractivity contribution in [3.8, 4) is 22.8 Å². The molecule has 1 N–H and O–H groups in total. The third kappa shape index (κ3) is 4.31. The zero-order valence-corrected chi connectivity index (χ0v) is 16.2. The summed E-state index contributed by atoms with van der Waals surface area (Å²) < 4.78 is 15.9. The van der Waals surface area contributed by atoms with Crippen LogP contribution in [0.3, 0.4) is 0 Å². The SMILES string of the molecule is CCCCOc1ccccc1C(=O)Nc1nonc1-c1ccc(OC)c(C)c1. The molecule has 146 valence electrons. The number of nitrogens with zero attached hydrogens (tertiary/aromatic N) is 2. The smallest absolute Gasteiger partial charge is 0.260 e. The first-order chi connectivity index (χ1) is 13.6. The minimum Gasteiger partial charge on any atom is -0.496 e. The average Bonchev–Trinajstić information content (AvgIpc) is 3.16. The zero-order valence-electron chi connectivity index (χ0n) is 16.2. The van der Waals surface area contributed by atoms with E-state index in [4.69, 9.17) is 14.1 Å². The van der Waals surface area contributed by atoms with Crippen LogP contribution in [0.25, 0.3) is 11.3 Å². The summed E-state index contributed by atoms with van der Waals surface area (Å²) in [6.07, 6.45) is 1.94. The van der Waals surface area contributed by atoms with Crippen LogP contribution in [0.5, 0.6) is 11.5 Å². The van der Waals surface area contributed by atoms with E-state index in [1.165, 1.54) is 0 Å². The lowest BCUT2D eigenvalue weighted by Gasteiger charge is -2.11. The molecule has 0 spiro atoms. The highest BCUT2D eigenvalue weighted by molar-refractivity contribution is 6.07. The van der Waals surface area contributed by atoms with Gasteiger partial charge in [0.25, 0.3) is 5.91 Å². The highest BCUT2D eigenvalue weighted by atomic mass is 16.6. The van der Waals surface area contributed by atoms with Gasteiger partial charge in [-0.25, -0.2) is 4.63 Å². The molecule has 3 aromatic rings. The minimum atomic E-state index is -0.339. The molecule has 3 rings (SSSR count). The molecule has 0 bridgehead atoms. The van der Waals surface area contributed by atoms with Crippen molar-refractivity contribution < 1.29 is 18.9 Å². The van der Waals surface area contributed by atoms with Gasteiger partial charge in [0.15, 0.2) is 5.69 Å². The number of hydrogen-bond acceptors (Lipinski definition) is 6. The predicted molar refractivity (Wildman–Crippen MR) is 106 cm³/mol. The van der Waals surface area contributed by atoms with Crippen molar-refractivity contribution in [2.24, 2.45) is 0 Å². The van der Waals surface area contributed by atoms with Crippen molar-refractivity contribution >= 4 is 11.7 Å². The molecule has 2 aromatic carbocycles. The molecule has 0 aliphatic rings. The molecule has 0 aliphatic heterocycles. The Hall–Kier alpha value is -3.35. The van der Waals surface area contributed by atoms with Crippen molar-refractivity contribution in [2.75, 3.05) is 19.0 Å². The van der Waals surface area contributed by atoms with Gasteiger partial charge in [0.1, 0.15) is 11.5 Å². The monoisotopic (exact) mass is 381 g/mol. The molecular formula is C21H23N3O4. The molecule has 7 heteroatoms. The van der Waals surface area contributed by atoms with E-state index in [0.29, 0.717) is 23.6 Å². The van der Waals surface area contributed by atoms with Crippen LogP contribution < -0.4 is 14.8 Å². The Labute approximate surface area is 163 Å². The number of hydrogen-bond donors (Lipinski definition) is 1. The molecule has 7 nitrogen and oxygen atoms in total. The first-order valence-electron chi connectivity index (χ1n) is 9.14. The Morgan fingerprint density at radius 1 is 1.14 bits per heavy atom. The number of anilines is 1. The normalized spacial score (nSPS) is 10.5. The number of methoxy groups -OCH3 is 1. The number of aryl methyl sites for hydroxylation is 1. The summed E-state index contributed by atoms with van der Waals surface area (Å²) in [4.78, 5) is 12.8. The maximum atomic E-state index is 12.8. The minimum absolute atomic E-state index is 0.248. The van der Waals surface area contributed by atoms with Crippen LogP contribution in [0.1, 0.15) is 35.7 Å². The average molecular weight is 381 g/mol. The Morgan fingerprint density at radius 3 is 2.71 bits per heavy atom. The van der Waals surface area contributed by atoms with Gasteiger partial charge in [0, 0.05) is 5.56 Å². The van der Waals surface area contributed by atoms with Crippen molar-refractivity contribution in [3.63, 3.8) is 0 Å². The summed E-state index contributed by atoms with van der Waals surface area (Å²) in [5.74, 6) is 1.21. The first kappa shape index (κ1) is 19.4. The fraction of sp³-hybridized carbons (Fsp3) is 0.286.